The van der Waals surface area contributed by atoms with Gasteiger partial charge >= 0.3 is 0 Å². The molecule has 24 heavy (non-hydrogen) atoms. The number of benzene rings is 3. The summed E-state index contributed by atoms with van der Waals surface area (Å²) < 4.78 is 31.7. The third-order valence-electron chi connectivity index (χ3n) is 3.50. The van der Waals surface area contributed by atoms with E-state index in [0.29, 0.717) is 5.75 Å². The largest absolute Gasteiger partial charge is 0.492 e. The quantitative estimate of drug-likeness (QED) is 0.721. The van der Waals surface area contributed by atoms with Crippen LogP contribution in [0.5, 0.6) is 5.75 Å². The average Bonchev–Trinajstić information content (AvgIpc) is 2.57. The smallest absolute Gasteiger partial charge is 0.251 e. The van der Waals surface area contributed by atoms with Gasteiger partial charge in [-0.15, -0.1) is 0 Å². The van der Waals surface area contributed by atoms with Gasteiger partial charge in [-0.2, -0.15) is 0 Å². The lowest BCUT2D eigenvalue weighted by molar-refractivity contribution is 0.0946. The fraction of sp³-hybridized carbons (Fsp3) is 0.105. The van der Waals surface area contributed by atoms with E-state index in [0.717, 1.165) is 29.0 Å². The fourth-order valence-electron chi connectivity index (χ4n) is 2.38. The number of carbonyl (C=O) groups is 1. The number of hydrogen-bond acceptors (Lipinski definition) is 2. The molecule has 122 valence electrons. The molecule has 0 aliphatic rings. The number of amides is 1. The maximum atomic E-state index is 13.1. The van der Waals surface area contributed by atoms with Crippen LogP contribution in [-0.4, -0.2) is 19.1 Å². The highest BCUT2D eigenvalue weighted by Gasteiger charge is 2.08. The molecule has 3 aromatic rings. The molecule has 0 saturated heterocycles. The van der Waals surface area contributed by atoms with E-state index in [1.807, 2.05) is 42.5 Å². The lowest BCUT2D eigenvalue weighted by atomic mass is 10.1. The Morgan fingerprint density at radius 2 is 1.62 bits per heavy atom. The summed E-state index contributed by atoms with van der Waals surface area (Å²) in [6.45, 7) is 0.478. The second-order valence-corrected chi connectivity index (χ2v) is 5.27. The van der Waals surface area contributed by atoms with Crippen LogP contribution in [0.3, 0.4) is 0 Å². The van der Waals surface area contributed by atoms with Gasteiger partial charge in [-0.25, -0.2) is 8.78 Å². The number of nitrogens with one attached hydrogen (secondary N) is 1. The molecule has 5 heteroatoms. The summed E-state index contributed by atoms with van der Waals surface area (Å²) in [7, 11) is 0. The van der Waals surface area contributed by atoms with Gasteiger partial charge < -0.3 is 10.1 Å². The maximum Gasteiger partial charge on any atom is 0.251 e. The Hall–Kier alpha value is -2.95. The van der Waals surface area contributed by atoms with Crippen molar-refractivity contribution in [2.24, 2.45) is 0 Å². The summed E-state index contributed by atoms with van der Waals surface area (Å²) in [5, 5.41) is 4.74. The molecular weight excluding hydrogens is 312 g/mol. The highest BCUT2D eigenvalue weighted by atomic mass is 19.1. The van der Waals surface area contributed by atoms with Gasteiger partial charge in [-0.05, 0) is 35.0 Å². The number of carbonyl (C=O) groups excluding carboxylic acids is 1. The molecule has 1 amide bonds. The molecule has 0 radical (unpaired) electrons. The minimum Gasteiger partial charge on any atom is -0.492 e. The zero-order valence-corrected chi connectivity index (χ0v) is 12.8. The summed E-state index contributed by atoms with van der Waals surface area (Å²) in [4.78, 5) is 11.8. The molecule has 3 nitrogen and oxygen atoms in total. The van der Waals surface area contributed by atoms with Crippen molar-refractivity contribution < 1.29 is 18.3 Å². The Morgan fingerprint density at radius 3 is 2.38 bits per heavy atom. The van der Waals surface area contributed by atoms with Crippen LogP contribution in [-0.2, 0) is 0 Å². The summed E-state index contributed by atoms with van der Waals surface area (Å²) in [6.07, 6.45) is 0. The van der Waals surface area contributed by atoms with Gasteiger partial charge in [0.25, 0.3) is 5.91 Å². The zero-order chi connectivity index (χ0) is 16.9. The van der Waals surface area contributed by atoms with Crippen molar-refractivity contribution >= 4 is 16.7 Å². The van der Waals surface area contributed by atoms with Crippen molar-refractivity contribution in [3.05, 3.63) is 77.9 Å². The van der Waals surface area contributed by atoms with Crippen molar-refractivity contribution in [1.29, 1.82) is 0 Å². The van der Waals surface area contributed by atoms with Crippen molar-refractivity contribution in [1.82, 2.24) is 5.32 Å². The third kappa shape index (κ3) is 3.87. The van der Waals surface area contributed by atoms with Crippen molar-refractivity contribution in [3.63, 3.8) is 0 Å². The lowest BCUT2D eigenvalue weighted by Crippen LogP contribution is -2.28. The van der Waals surface area contributed by atoms with Crippen LogP contribution in [0.4, 0.5) is 8.78 Å². The predicted octanol–water partition coefficient (Wildman–Crippen LogP) is 3.93. The lowest BCUT2D eigenvalue weighted by Gasteiger charge is -2.09. The first-order valence-electron chi connectivity index (χ1n) is 7.48. The Kier molecular flexibility index (Phi) is 4.70. The van der Waals surface area contributed by atoms with E-state index in [4.69, 9.17) is 4.74 Å². The van der Waals surface area contributed by atoms with Crippen molar-refractivity contribution in [2.75, 3.05) is 13.2 Å². The fourth-order valence-corrected chi connectivity index (χ4v) is 2.38. The summed E-state index contributed by atoms with van der Waals surface area (Å²) in [5.41, 5.74) is -0.0572. The molecule has 1 N–H and O–H groups in total. The monoisotopic (exact) mass is 327 g/mol. The van der Waals surface area contributed by atoms with Crippen LogP contribution < -0.4 is 10.1 Å². The topological polar surface area (TPSA) is 38.3 Å². The molecule has 3 aromatic carbocycles. The average molecular weight is 327 g/mol. The molecular formula is C19H15F2NO2. The van der Waals surface area contributed by atoms with Crippen LogP contribution in [0, 0.1) is 11.6 Å². The molecule has 0 aliphatic heterocycles. The van der Waals surface area contributed by atoms with E-state index in [9.17, 15) is 13.6 Å². The van der Waals surface area contributed by atoms with Gasteiger partial charge in [0.15, 0.2) is 0 Å². The van der Waals surface area contributed by atoms with Crippen LogP contribution in [0.1, 0.15) is 10.4 Å². The molecule has 0 fully saturated rings. The number of halogens is 2. The van der Waals surface area contributed by atoms with Gasteiger partial charge in [0, 0.05) is 11.6 Å². The second kappa shape index (κ2) is 7.08. The third-order valence-corrected chi connectivity index (χ3v) is 3.50. The first-order chi connectivity index (χ1) is 11.6. The van der Waals surface area contributed by atoms with Gasteiger partial charge in [-0.3, -0.25) is 4.79 Å². The van der Waals surface area contributed by atoms with Gasteiger partial charge in [0.05, 0.1) is 6.54 Å². The molecule has 3 rings (SSSR count). The molecule has 0 aliphatic carbocycles. The van der Waals surface area contributed by atoms with Crippen LogP contribution in [0.2, 0.25) is 0 Å². The number of hydrogen-bond donors (Lipinski definition) is 1. The zero-order valence-electron chi connectivity index (χ0n) is 12.8. The number of ether oxygens (including phenoxy) is 1. The molecule has 0 aromatic heterocycles. The molecule has 0 saturated carbocycles. The maximum absolute atomic E-state index is 13.1. The normalized spacial score (nSPS) is 10.6. The second-order valence-electron chi connectivity index (χ2n) is 5.27. The van der Waals surface area contributed by atoms with Crippen LogP contribution >= 0.6 is 0 Å². The van der Waals surface area contributed by atoms with Crippen LogP contribution in [0.25, 0.3) is 10.8 Å². The molecule has 0 atom stereocenters. The van der Waals surface area contributed by atoms with Crippen molar-refractivity contribution in [3.8, 4) is 5.75 Å². The van der Waals surface area contributed by atoms with Crippen molar-refractivity contribution in [2.45, 2.75) is 0 Å². The summed E-state index contributed by atoms with van der Waals surface area (Å²) in [6, 6.07) is 16.3. The molecule has 0 spiro atoms. The van der Waals surface area contributed by atoms with Gasteiger partial charge in [0.2, 0.25) is 0 Å². The Morgan fingerprint density at radius 1 is 0.917 bits per heavy atom. The molecule has 0 bridgehead atoms. The van der Waals surface area contributed by atoms with E-state index in [2.05, 4.69) is 5.32 Å². The summed E-state index contributed by atoms with van der Waals surface area (Å²) in [5.74, 6) is -1.42. The number of rotatable bonds is 5. The number of fused-ring (bicyclic) bond motifs is 1. The van der Waals surface area contributed by atoms with Gasteiger partial charge in [0.1, 0.15) is 24.0 Å². The van der Waals surface area contributed by atoms with Gasteiger partial charge in [-0.1, -0.05) is 30.3 Å². The SMILES string of the molecule is O=C(NCCOc1ccc2ccccc2c1)c1cc(F)cc(F)c1. The van der Waals surface area contributed by atoms with E-state index in [1.54, 1.807) is 0 Å². The Balaban J connectivity index is 1.53. The predicted molar refractivity (Wildman–Crippen MR) is 88.1 cm³/mol. The minimum absolute atomic E-state index is 0.0572. The Labute approximate surface area is 137 Å². The van der Waals surface area contributed by atoms with E-state index >= 15 is 0 Å². The first-order valence-corrected chi connectivity index (χ1v) is 7.48. The van der Waals surface area contributed by atoms with E-state index in [-0.39, 0.29) is 18.7 Å². The highest BCUT2D eigenvalue weighted by Crippen LogP contribution is 2.20. The molecule has 0 unspecified atom stereocenters. The standard InChI is InChI=1S/C19H15F2NO2/c20-16-9-15(10-17(21)12-16)19(23)22-7-8-24-18-6-5-13-3-1-2-4-14(13)11-18/h1-6,9-12H,7-8H2,(H,22,23). The van der Waals surface area contributed by atoms with Crippen LogP contribution in [0.15, 0.2) is 60.7 Å². The first kappa shape index (κ1) is 15.9. The summed E-state index contributed by atoms with van der Waals surface area (Å²) >= 11 is 0. The Bertz CT molecular complexity index is 860. The minimum atomic E-state index is -0.785. The van der Waals surface area contributed by atoms with E-state index in [1.165, 1.54) is 0 Å². The highest BCUT2D eigenvalue weighted by molar-refractivity contribution is 5.94. The molecule has 0 heterocycles. The van der Waals surface area contributed by atoms with E-state index < -0.39 is 17.5 Å².